The number of nitrogens with one attached hydrogen (secondary N) is 2. The van der Waals surface area contributed by atoms with E-state index in [2.05, 4.69) is 15.7 Å². The minimum atomic E-state index is -4.41. The molecule has 1 aromatic carbocycles. The first kappa shape index (κ1) is 19.2. The Balaban J connectivity index is 1.69. The van der Waals surface area contributed by atoms with E-state index < -0.39 is 11.9 Å². The highest BCUT2D eigenvalue weighted by atomic mass is 32.1. The van der Waals surface area contributed by atoms with Crippen LogP contribution in [0.25, 0.3) is 0 Å². The average molecular weight is 370 g/mol. The third-order valence-corrected chi connectivity index (χ3v) is 3.97. The van der Waals surface area contributed by atoms with Crippen molar-refractivity contribution in [3.05, 3.63) is 52.8 Å². The lowest BCUT2D eigenvalue weighted by atomic mass is 10.1. The molecule has 0 atom stereocenters. The van der Waals surface area contributed by atoms with Gasteiger partial charge in [-0.25, -0.2) is 0 Å². The Morgan fingerprint density at radius 2 is 1.84 bits per heavy atom. The summed E-state index contributed by atoms with van der Waals surface area (Å²) in [6, 6.07) is 9.19. The first-order chi connectivity index (χ1) is 11.8. The van der Waals surface area contributed by atoms with E-state index in [1.54, 1.807) is 6.92 Å². The molecule has 1 heterocycles. The van der Waals surface area contributed by atoms with E-state index in [1.165, 1.54) is 10.2 Å². The number of aromatic nitrogens is 2. The molecule has 0 amide bonds. The van der Waals surface area contributed by atoms with Crippen LogP contribution < -0.4 is 10.6 Å². The SMILES string of the molecule is Cc1ccc(CNC(=S)NCCCn2nc(C(F)(F)F)cc2C)cc1. The van der Waals surface area contributed by atoms with E-state index in [0.29, 0.717) is 36.9 Å². The summed E-state index contributed by atoms with van der Waals surface area (Å²) < 4.78 is 39.2. The van der Waals surface area contributed by atoms with Gasteiger partial charge in [-0.05, 0) is 44.1 Å². The fraction of sp³-hybridized carbons (Fsp3) is 0.412. The molecule has 2 aromatic rings. The van der Waals surface area contributed by atoms with Gasteiger partial charge in [0.2, 0.25) is 0 Å². The number of hydrogen-bond acceptors (Lipinski definition) is 2. The molecule has 0 fully saturated rings. The second kappa shape index (κ2) is 8.33. The summed E-state index contributed by atoms with van der Waals surface area (Å²) in [6.07, 6.45) is -3.79. The Morgan fingerprint density at radius 3 is 2.44 bits per heavy atom. The van der Waals surface area contributed by atoms with Crippen molar-refractivity contribution in [3.8, 4) is 0 Å². The van der Waals surface area contributed by atoms with Crippen LogP contribution in [0.2, 0.25) is 0 Å². The smallest absolute Gasteiger partial charge is 0.363 e. The molecule has 0 saturated heterocycles. The summed E-state index contributed by atoms with van der Waals surface area (Å²) in [6.45, 7) is 5.22. The van der Waals surface area contributed by atoms with Gasteiger partial charge in [0.25, 0.3) is 0 Å². The summed E-state index contributed by atoms with van der Waals surface area (Å²) in [5.41, 5.74) is 1.97. The Morgan fingerprint density at radius 1 is 1.16 bits per heavy atom. The van der Waals surface area contributed by atoms with Crippen LogP contribution in [0.1, 0.15) is 28.9 Å². The van der Waals surface area contributed by atoms with Gasteiger partial charge in [-0.15, -0.1) is 0 Å². The van der Waals surface area contributed by atoms with Crippen LogP contribution >= 0.6 is 12.2 Å². The van der Waals surface area contributed by atoms with Crippen molar-refractivity contribution in [1.29, 1.82) is 0 Å². The predicted molar refractivity (Wildman–Crippen MR) is 95.2 cm³/mol. The van der Waals surface area contributed by atoms with E-state index in [1.807, 2.05) is 31.2 Å². The molecule has 0 saturated carbocycles. The molecule has 4 nitrogen and oxygen atoms in total. The Kier molecular flexibility index (Phi) is 6.41. The Labute approximate surface area is 150 Å². The molecule has 0 unspecified atom stereocenters. The summed E-state index contributed by atoms with van der Waals surface area (Å²) in [7, 11) is 0. The van der Waals surface area contributed by atoms with Crippen molar-refractivity contribution in [2.24, 2.45) is 0 Å². The van der Waals surface area contributed by atoms with Crippen LogP contribution in [-0.4, -0.2) is 21.4 Å². The normalized spacial score (nSPS) is 11.4. The zero-order valence-electron chi connectivity index (χ0n) is 14.2. The van der Waals surface area contributed by atoms with Crippen LogP contribution in [-0.2, 0) is 19.3 Å². The maximum absolute atomic E-state index is 12.6. The van der Waals surface area contributed by atoms with Gasteiger partial charge in [0, 0.05) is 25.3 Å². The van der Waals surface area contributed by atoms with Gasteiger partial charge in [0.15, 0.2) is 10.8 Å². The van der Waals surface area contributed by atoms with Gasteiger partial charge in [-0.2, -0.15) is 18.3 Å². The van der Waals surface area contributed by atoms with Gasteiger partial charge >= 0.3 is 6.18 Å². The fourth-order valence-electron chi connectivity index (χ4n) is 2.26. The highest BCUT2D eigenvalue weighted by Crippen LogP contribution is 2.28. The Hall–Kier alpha value is -2.09. The monoisotopic (exact) mass is 370 g/mol. The number of aryl methyl sites for hydroxylation is 3. The topological polar surface area (TPSA) is 41.9 Å². The van der Waals surface area contributed by atoms with Gasteiger partial charge in [0.05, 0.1) is 0 Å². The Bertz CT molecular complexity index is 708. The van der Waals surface area contributed by atoms with Crippen molar-refractivity contribution in [2.75, 3.05) is 6.54 Å². The molecule has 0 aliphatic rings. The third-order valence-electron chi connectivity index (χ3n) is 3.68. The number of rotatable bonds is 6. The van der Waals surface area contributed by atoms with E-state index in [0.717, 1.165) is 11.6 Å². The van der Waals surface area contributed by atoms with E-state index >= 15 is 0 Å². The minimum Gasteiger partial charge on any atom is -0.363 e. The van der Waals surface area contributed by atoms with Gasteiger partial charge in [0.1, 0.15) is 0 Å². The van der Waals surface area contributed by atoms with Crippen molar-refractivity contribution in [2.45, 2.75) is 39.5 Å². The standard InChI is InChI=1S/C17H21F3N4S/c1-12-4-6-14(7-5-12)11-22-16(25)21-8-3-9-24-13(2)10-15(23-24)17(18,19)20/h4-7,10H,3,8-9,11H2,1-2H3,(H2,21,22,25). The van der Waals surface area contributed by atoms with Gasteiger partial charge in [-0.1, -0.05) is 29.8 Å². The summed E-state index contributed by atoms with van der Waals surface area (Å²) >= 11 is 5.19. The molecule has 25 heavy (non-hydrogen) atoms. The zero-order chi connectivity index (χ0) is 18.4. The second-order valence-corrected chi connectivity index (χ2v) is 6.25. The quantitative estimate of drug-likeness (QED) is 0.603. The molecule has 0 radical (unpaired) electrons. The van der Waals surface area contributed by atoms with Crippen molar-refractivity contribution in [1.82, 2.24) is 20.4 Å². The van der Waals surface area contributed by atoms with E-state index in [-0.39, 0.29) is 0 Å². The molecule has 1 aromatic heterocycles. The summed E-state index contributed by atoms with van der Waals surface area (Å²) in [5, 5.41) is 10.3. The lowest BCUT2D eigenvalue weighted by Gasteiger charge is -2.11. The number of halogens is 3. The van der Waals surface area contributed by atoms with Crippen LogP contribution in [0.15, 0.2) is 30.3 Å². The fourth-order valence-corrected chi connectivity index (χ4v) is 2.43. The number of benzene rings is 1. The molecule has 0 aliphatic heterocycles. The van der Waals surface area contributed by atoms with Crippen LogP contribution in [0.3, 0.4) is 0 Å². The van der Waals surface area contributed by atoms with Crippen molar-refractivity contribution < 1.29 is 13.2 Å². The molecule has 0 aliphatic carbocycles. The van der Waals surface area contributed by atoms with Crippen molar-refractivity contribution in [3.63, 3.8) is 0 Å². The molecule has 0 spiro atoms. The van der Waals surface area contributed by atoms with E-state index in [4.69, 9.17) is 12.2 Å². The first-order valence-corrected chi connectivity index (χ1v) is 8.35. The highest BCUT2D eigenvalue weighted by molar-refractivity contribution is 7.80. The maximum Gasteiger partial charge on any atom is 0.435 e. The second-order valence-electron chi connectivity index (χ2n) is 5.84. The minimum absolute atomic E-state index is 0.398. The van der Waals surface area contributed by atoms with E-state index in [9.17, 15) is 13.2 Å². The lowest BCUT2D eigenvalue weighted by molar-refractivity contribution is -0.141. The molecular weight excluding hydrogens is 349 g/mol. The maximum atomic E-state index is 12.6. The van der Waals surface area contributed by atoms with Crippen molar-refractivity contribution >= 4 is 17.3 Å². The largest absolute Gasteiger partial charge is 0.435 e. The molecule has 2 N–H and O–H groups in total. The molecular formula is C17H21F3N4S. The highest BCUT2D eigenvalue weighted by Gasteiger charge is 2.34. The number of nitrogens with zero attached hydrogens (tertiary/aromatic N) is 2. The lowest BCUT2D eigenvalue weighted by Crippen LogP contribution is -2.35. The molecule has 2 rings (SSSR count). The predicted octanol–water partition coefficient (Wildman–Crippen LogP) is 3.57. The summed E-state index contributed by atoms with van der Waals surface area (Å²) in [4.78, 5) is 0. The first-order valence-electron chi connectivity index (χ1n) is 7.94. The van der Waals surface area contributed by atoms with Crippen LogP contribution in [0.5, 0.6) is 0 Å². The molecule has 8 heteroatoms. The molecule has 136 valence electrons. The third kappa shape index (κ3) is 6.04. The van der Waals surface area contributed by atoms with Gasteiger partial charge in [-0.3, -0.25) is 4.68 Å². The number of hydrogen-bond donors (Lipinski definition) is 2. The zero-order valence-corrected chi connectivity index (χ0v) is 15.0. The number of alkyl halides is 3. The average Bonchev–Trinajstić information content (AvgIpc) is 2.92. The summed E-state index contributed by atoms with van der Waals surface area (Å²) in [5.74, 6) is 0. The van der Waals surface area contributed by atoms with Gasteiger partial charge < -0.3 is 10.6 Å². The van der Waals surface area contributed by atoms with Crippen LogP contribution in [0.4, 0.5) is 13.2 Å². The number of thiocarbonyl (C=S) groups is 1. The molecule has 0 bridgehead atoms. The van der Waals surface area contributed by atoms with Crippen LogP contribution in [0, 0.1) is 13.8 Å².